The number of hydrogen-bond donors (Lipinski definition) is 1. The molecule has 0 aromatic carbocycles. The highest BCUT2D eigenvalue weighted by atomic mass is 15.0. The van der Waals surface area contributed by atoms with Gasteiger partial charge in [-0.3, -0.25) is 0 Å². The van der Waals surface area contributed by atoms with Gasteiger partial charge in [0.15, 0.2) is 0 Å². The molecule has 0 unspecified atom stereocenters. The smallest absolute Gasteiger partial charge is 0.0977 e. The first kappa shape index (κ1) is 7.41. The minimum Gasteiger partial charge on any atom is -0.301 e. The molecule has 0 aromatic rings. The van der Waals surface area contributed by atoms with E-state index in [1.54, 1.807) is 0 Å². The number of nitrogens with one attached hydrogen (secondary N) is 1. The highest BCUT2D eigenvalue weighted by Crippen LogP contribution is 1.75. The van der Waals surface area contributed by atoms with E-state index in [2.05, 4.69) is 16.2 Å². The van der Waals surface area contributed by atoms with Crippen LogP contribution in [-0.4, -0.2) is 19.6 Å². The van der Waals surface area contributed by atoms with Gasteiger partial charge in [0.05, 0.1) is 6.67 Å². The third kappa shape index (κ3) is 5.41. The van der Waals surface area contributed by atoms with Gasteiger partial charge >= 0.3 is 0 Å². The van der Waals surface area contributed by atoms with Crippen molar-refractivity contribution >= 4 is 5.87 Å². The van der Waals surface area contributed by atoms with Gasteiger partial charge in [0, 0.05) is 0 Å². The van der Waals surface area contributed by atoms with Gasteiger partial charge in [-0.05, 0) is 32.3 Å². The van der Waals surface area contributed by atoms with Gasteiger partial charge in [0.25, 0.3) is 0 Å². The molecule has 0 aliphatic heterocycles. The summed E-state index contributed by atoms with van der Waals surface area (Å²) < 4.78 is 0. The molecule has 0 aromatic heterocycles. The third-order valence-corrected chi connectivity index (χ3v) is 0.540. The number of rotatable bonds is 2. The third-order valence-electron chi connectivity index (χ3n) is 0.540. The number of allylic oxidation sites excluding steroid dienone is 1. The van der Waals surface area contributed by atoms with Crippen molar-refractivity contribution in [2.75, 3.05) is 13.7 Å². The summed E-state index contributed by atoms with van der Waals surface area (Å²) in [5.74, 6) is 2.83. The molecule has 2 heteroatoms. The summed E-state index contributed by atoms with van der Waals surface area (Å²) in [6, 6.07) is 0. The van der Waals surface area contributed by atoms with Crippen molar-refractivity contribution < 1.29 is 0 Å². The summed E-state index contributed by atoms with van der Waals surface area (Å²) in [5.41, 5.74) is 1.11. The topological polar surface area (TPSA) is 24.4 Å². The van der Waals surface area contributed by atoms with Crippen LogP contribution in [0.5, 0.6) is 0 Å². The molecule has 0 heterocycles. The van der Waals surface area contributed by atoms with Crippen molar-refractivity contribution in [3.05, 3.63) is 5.57 Å². The molecule has 0 saturated heterocycles. The van der Waals surface area contributed by atoms with Crippen LogP contribution in [0.25, 0.3) is 0 Å². The van der Waals surface area contributed by atoms with E-state index in [4.69, 9.17) is 0 Å². The van der Waals surface area contributed by atoms with E-state index < -0.39 is 0 Å². The highest BCUT2D eigenvalue weighted by Gasteiger charge is 1.67. The molecule has 0 amide bonds. The number of nitrogens with zero attached hydrogens (tertiary/aromatic N) is 1. The predicted octanol–water partition coefficient (Wildman–Crippen LogP) is 0.799. The summed E-state index contributed by atoms with van der Waals surface area (Å²) in [6.45, 7) is 4.60. The predicted molar refractivity (Wildman–Crippen MR) is 36.2 cm³/mol. The van der Waals surface area contributed by atoms with Crippen LogP contribution in [-0.2, 0) is 0 Å². The Labute approximate surface area is 50.3 Å². The summed E-state index contributed by atoms with van der Waals surface area (Å²) >= 11 is 0. The summed E-state index contributed by atoms with van der Waals surface area (Å²) in [5, 5.41) is 2.88. The second kappa shape index (κ2) is 4.57. The van der Waals surface area contributed by atoms with Crippen LogP contribution in [0.4, 0.5) is 0 Å². The average molecular weight is 112 g/mol. The van der Waals surface area contributed by atoms with E-state index >= 15 is 0 Å². The van der Waals surface area contributed by atoms with Crippen LogP contribution in [0, 0.1) is 0 Å². The fourth-order valence-electron chi connectivity index (χ4n) is 0.277. The maximum atomic E-state index is 3.89. The molecule has 0 atom stereocenters. The van der Waals surface area contributed by atoms with Crippen molar-refractivity contribution in [1.82, 2.24) is 5.32 Å². The molecule has 0 bridgehead atoms. The van der Waals surface area contributed by atoms with Crippen LogP contribution >= 0.6 is 0 Å². The molecular formula is C6H12N2. The average Bonchev–Trinajstić information content (AvgIpc) is 1.66. The zero-order chi connectivity index (χ0) is 6.41. The second-order valence-corrected chi connectivity index (χ2v) is 1.78. The van der Waals surface area contributed by atoms with Gasteiger partial charge in [0.1, 0.15) is 0 Å². The molecule has 0 spiro atoms. The molecule has 8 heavy (non-hydrogen) atoms. The van der Waals surface area contributed by atoms with Gasteiger partial charge < -0.3 is 5.32 Å². The first-order valence-corrected chi connectivity index (χ1v) is 2.64. The van der Waals surface area contributed by atoms with E-state index in [1.807, 2.05) is 20.9 Å². The van der Waals surface area contributed by atoms with Gasteiger partial charge in [-0.1, -0.05) is 0 Å². The molecule has 0 radical (unpaired) electrons. The lowest BCUT2D eigenvalue weighted by atomic mass is 10.4. The summed E-state index contributed by atoms with van der Waals surface area (Å²) in [7, 11) is 1.86. The van der Waals surface area contributed by atoms with Crippen molar-refractivity contribution in [2.24, 2.45) is 4.99 Å². The monoisotopic (exact) mass is 112 g/mol. The maximum absolute atomic E-state index is 3.89. The highest BCUT2D eigenvalue weighted by molar-refractivity contribution is 5.55. The van der Waals surface area contributed by atoms with Gasteiger partial charge in [-0.2, -0.15) is 0 Å². The minimum atomic E-state index is 0.658. The quantitative estimate of drug-likeness (QED) is 0.525. The van der Waals surface area contributed by atoms with Crippen LogP contribution in [0.3, 0.4) is 0 Å². The lowest BCUT2D eigenvalue weighted by Crippen LogP contribution is -2.03. The van der Waals surface area contributed by atoms with Crippen molar-refractivity contribution in [3.8, 4) is 0 Å². The molecule has 0 rings (SSSR count). The first-order valence-electron chi connectivity index (χ1n) is 2.64. The van der Waals surface area contributed by atoms with Crippen molar-refractivity contribution in [2.45, 2.75) is 13.8 Å². The fraction of sp³-hybridized carbons (Fsp3) is 0.667. The lowest BCUT2D eigenvalue weighted by molar-refractivity contribution is 0.839. The van der Waals surface area contributed by atoms with Crippen molar-refractivity contribution in [3.63, 3.8) is 0 Å². The zero-order valence-electron chi connectivity index (χ0n) is 5.65. The SMILES string of the molecule is CNCN=C=C(C)C. The van der Waals surface area contributed by atoms with E-state index in [1.165, 1.54) is 0 Å². The van der Waals surface area contributed by atoms with Crippen LogP contribution in [0.2, 0.25) is 0 Å². The van der Waals surface area contributed by atoms with Crippen molar-refractivity contribution in [1.29, 1.82) is 0 Å². The Balaban J connectivity index is 3.48. The summed E-state index contributed by atoms with van der Waals surface area (Å²) in [6.07, 6.45) is 0. The second-order valence-electron chi connectivity index (χ2n) is 1.78. The molecule has 0 aliphatic carbocycles. The molecule has 2 nitrogen and oxygen atoms in total. The number of aliphatic imine (C=N–C) groups is 1. The Kier molecular flexibility index (Phi) is 4.23. The van der Waals surface area contributed by atoms with Crippen LogP contribution in [0.1, 0.15) is 13.8 Å². The molecule has 0 saturated carbocycles. The fourth-order valence-corrected chi connectivity index (χ4v) is 0.277. The zero-order valence-corrected chi connectivity index (χ0v) is 5.65. The Morgan fingerprint density at radius 2 is 2.25 bits per heavy atom. The van der Waals surface area contributed by atoms with Crippen LogP contribution in [0.15, 0.2) is 10.6 Å². The van der Waals surface area contributed by atoms with E-state index in [-0.39, 0.29) is 0 Å². The molecule has 46 valence electrons. The Morgan fingerprint density at radius 3 is 2.62 bits per heavy atom. The van der Waals surface area contributed by atoms with E-state index in [0.29, 0.717) is 6.67 Å². The normalized spacial score (nSPS) is 7.88. The molecule has 0 fully saturated rings. The molecule has 0 aliphatic rings. The first-order chi connectivity index (χ1) is 3.77. The summed E-state index contributed by atoms with van der Waals surface area (Å²) in [4.78, 5) is 3.89. The Morgan fingerprint density at radius 1 is 1.62 bits per heavy atom. The number of hydrogen-bond acceptors (Lipinski definition) is 2. The molecule has 1 N–H and O–H groups in total. The van der Waals surface area contributed by atoms with Gasteiger partial charge in [0.2, 0.25) is 0 Å². The van der Waals surface area contributed by atoms with E-state index in [9.17, 15) is 0 Å². The minimum absolute atomic E-state index is 0.658. The largest absolute Gasteiger partial charge is 0.301 e. The maximum Gasteiger partial charge on any atom is 0.0977 e. The lowest BCUT2D eigenvalue weighted by Gasteiger charge is -1.82. The van der Waals surface area contributed by atoms with Crippen LogP contribution < -0.4 is 5.32 Å². The standard InChI is InChI=1S/C6H12N2/c1-6(2)4-8-5-7-3/h7H,5H2,1-3H3. The Bertz CT molecular complexity index is 106. The Hall–Kier alpha value is -0.590. The van der Waals surface area contributed by atoms with Gasteiger partial charge in [-0.25, -0.2) is 4.99 Å². The van der Waals surface area contributed by atoms with E-state index in [0.717, 1.165) is 5.57 Å². The van der Waals surface area contributed by atoms with Gasteiger partial charge in [-0.15, -0.1) is 0 Å². The molecular weight excluding hydrogens is 100 g/mol.